The fourth-order valence-corrected chi connectivity index (χ4v) is 2.38. The van der Waals surface area contributed by atoms with E-state index in [1.54, 1.807) is 25.1 Å². The predicted octanol–water partition coefficient (Wildman–Crippen LogP) is 3.15. The summed E-state index contributed by atoms with van der Waals surface area (Å²) in [6.07, 6.45) is -4.41. The molecular formula is C20H31F3N4O2. The summed E-state index contributed by atoms with van der Waals surface area (Å²) < 4.78 is 42.5. The lowest BCUT2D eigenvalue weighted by atomic mass is 9.92. The van der Waals surface area contributed by atoms with E-state index in [0.29, 0.717) is 31.2 Å². The first-order valence-electron chi connectivity index (χ1n) is 9.58. The van der Waals surface area contributed by atoms with Gasteiger partial charge in [0.2, 0.25) is 5.91 Å². The van der Waals surface area contributed by atoms with Crippen molar-refractivity contribution >= 4 is 11.9 Å². The molecule has 1 amide bonds. The SMILES string of the molecule is CCNC(=O)C(C)(C)CNC(=NCc1ccc(C)cc1OCC(F)(F)F)NCC. The number of halogens is 3. The largest absolute Gasteiger partial charge is 0.484 e. The zero-order valence-corrected chi connectivity index (χ0v) is 17.7. The number of hydrogen-bond donors (Lipinski definition) is 3. The Balaban J connectivity index is 2.89. The van der Waals surface area contributed by atoms with Crippen LogP contribution in [0.4, 0.5) is 13.2 Å². The monoisotopic (exact) mass is 416 g/mol. The molecule has 0 unspecified atom stereocenters. The Labute approximate surface area is 170 Å². The molecule has 3 N–H and O–H groups in total. The number of alkyl halides is 3. The molecule has 29 heavy (non-hydrogen) atoms. The number of ether oxygens (including phenoxy) is 1. The van der Waals surface area contributed by atoms with Gasteiger partial charge in [0.1, 0.15) is 5.75 Å². The van der Waals surface area contributed by atoms with Gasteiger partial charge in [-0.25, -0.2) is 4.99 Å². The third kappa shape index (κ3) is 9.06. The van der Waals surface area contributed by atoms with Crippen LogP contribution in [-0.2, 0) is 11.3 Å². The summed E-state index contributed by atoms with van der Waals surface area (Å²) in [5.41, 5.74) is 0.681. The number of amides is 1. The number of guanidine groups is 1. The summed E-state index contributed by atoms with van der Waals surface area (Å²) in [6.45, 7) is 9.43. The molecule has 0 aromatic heterocycles. The molecule has 0 fully saturated rings. The van der Waals surface area contributed by atoms with Crippen LogP contribution in [0.2, 0.25) is 0 Å². The predicted molar refractivity (Wildman–Crippen MR) is 108 cm³/mol. The van der Waals surface area contributed by atoms with E-state index >= 15 is 0 Å². The molecule has 0 spiro atoms. The molecule has 9 heteroatoms. The highest BCUT2D eigenvalue weighted by molar-refractivity contribution is 5.84. The van der Waals surface area contributed by atoms with Gasteiger partial charge in [-0.15, -0.1) is 0 Å². The highest BCUT2D eigenvalue weighted by atomic mass is 19.4. The van der Waals surface area contributed by atoms with Gasteiger partial charge in [-0.3, -0.25) is 4.79 Å². The molecule has 0 aliphatic rings. The Hall–Kier alpha value is -2.45. The first-order chi connectivity index (χ1) is 13.5. The van der Waals surface area contributed by atoms with Gasteiger partial charge in [0, 0.05) is 25.2 Å². The normalized spacial score (nSPS) is 12.5. The Morgan fingerprint density at radius 1 is 1.10 bits per heavy atom. The third-order valence-corrected chi connectivity index (χ3v) is 4.02. The van der Waals surface area contributed by atoms with E-state index < -0.39 is 18.2 Å². The third-order valence-electron chi connectivity index (χ3n) is 4.02. The zero-order valence-electron chi connectivity index (χ0n) is 17.7. The van der Waals surface area contributed by atoms with Crippen molar-refractivity contribution in [3.63, 3.8) is 0 Å². The van der Waals surface area contributed by atoms with Gasteiger partial charge in [-0.05, 0) is 46.2 Å². The van der Waals surface area contributed by atoms with Crippen LogP contribution in [0.25, 0.3) is 0 Å². The average molecular weight is 416 g/mol. The van der Waals surface area contributed by atoms with Crippen molar-refractivity contribution in [3.05, 3.63) is 29.3 Å². The van der Waals surface area contributed by atoms with Crippen molar-refractivity contribution in [1.82, 2.24) is 16.0 Å². The van der Waals surface area contributed by atoms with Crippen molar-refractivity contribution in [3.8, 4) is 5.75 Å². The van der Waals surface area contributed by atoms with Gasteiger partial charge in [-0.1, -0.05) is 12.1 Å². The smallest absolute Gasteiger partial charge is 0.422 e. The summed E-state index contributed by atoms with van der Waals surface area (Å²) in [6, 6.07) is 5.06. The number of rotatable bonds is 9. The Morgan fingerprint density at radius 3 is 2.34 bits per heavy atom. The van der Waals surface area contributed by atoms with E-state index in [9.17, 15) is 18.0 Å². The van der Waals surface area contributed by atoms with Gasteiger partial charge in [0.05, 0.1) is 12.0 Å². The number of benzene rings is 1. The molecule has 1 rings (SSSR count). The van der Waals surface area contributed by atoms with Crippen LogP contribution >= 0.6 is 0 Å². The average Bonchev–Trinajstić information content (AvgIpc) is 2.63. The van der Waals surface area contributed by atoms with E-state index in [0.717, 1.165) is 5.56 Å². The number of carbonyl (C=O) groups excluding carboxylic acids is 1. The fourth-order valence-electron chi connectivity index (χ4n) is 2.38. The molecule has 164 valence electrons. The van der Waals surface area contributed by atoms with Gasteiger partial charge < -0.3 is 20.7 Å². The summed E-state index contributed by atoms with van der Waals surface area (Å²) in [7, 11) is 0. The molecule has 0 aliphatic carbocycles. The van der Waals surface area contributed by atoms with E-state index in [4.69, 9.17) is 4.74 Å². The molecule has 0 saturated heterocycles. The summed E-state index contributed by atoms with van der Waals surface area (Å²) in [5.74, 6) is 0.543. The van der Waals surface area contributed by atoms with Crippen molar-refractivity contribution < 1.29 is 22.7 Å². The topological polar surface area (TPSA) is 74.8 Å². The lowest BCUT2D eigenvalue weighted by molar-refractivity contribution is -0.153. The van der Waals surface area contributed by atoms with Gasteiger partial charge in [0.25, 0.3) is 0 Å². The molecule has 0 atom stereocenters. The van der Waals surface area contributed by atoms with Gasteiger partial charge in [0.15, 0.2) is 12.6 Å². The van der Waals surface area contributed by atoms with E-state index in [1.165, 1.54) is 0 Å². The van der Waals surface area contributed by atoms with Crippen LogP contribution in [0, 0.1) is 12.3 Å². The summed E-state index contributed by atoms with van der Waals surface area (Å²) in [4.78, 5) is 16.6. The number of nitrogens with one attached hydrogen (secondary N) is 3. The minimum absolute atomic E-state index is 0.0790. The number of nitrogens with zero attached hydrogens (tertiary/aromatic N) is 1. The van der Waals surface area contributed by atoms with Gasteiger partial charge >= 0.3 is 6.18 Å². The molecule has 0 radical (unpaired) electrons. The second-order valence-electron chi connectivity index (χ2n) is 7.31. The van der Waals surface area contributed by atoms with Crippen LogP contribution in [0.3, 0.4) is 0 Å². The molecule has 0 heterocycles. The minimum Gasteiger partial charge on any atom is -0.484 e. The molecule has 0 saturated carbocycles. The second kappa shape index (κ2) is 10.9. The van der Waals surface area contributed by atoms with Crippen molar-refractivity contribution in [1.29, 1.82) is 0 Å². The fraction of sp³-hybridized carbons (Fsp3) is 0.600. The lowest BCUT2D eigenvalue weighted by Gasteiger charge is -2.25. The first kappa shape index (κ1) is 24.6. The lowest BCUT2D eigenvalue weighted by Crippen LogP contribution is -2.47. The van der Waals surface area contributed by atoms with Gasteiger partial charge in [-0.2, -0.15) is 13.2 Å². The minimum atomic E-state index is -4.41. The molecule has 1 aromatic carbocycles. The summed E-state index contributed by atoms with van der Waals surface area (Å²) >= 11 is 0. The van der Waals surface area contributed by atoms with Crippen LogP contribution in [0.5, 0.6) is 5.75 Å². The molecule has 0 bridgehead atoms. The van der Waals surface area contributed by atoms with E-state index in [-0.39, 0.29) is 18.2 Å². The Morgan fingerprint density at radius 2 is 1.76 bits per heavy atom. The first-order valence-corrected chi connectivity index (χ1v) is 9.58. The Kier molecular flexibility index (Phi) is 9.26. The van der Waals surface area contributed by atoms with Crippen molar-refractivity contribution in [2.75, 3.05) is 26.2 Å². The number of aryl methyl sites for hydroxylation is 1. The van der Waals surface area contributed by atoms with Crippen molar-refractivity contribution in [2.24, 2.45) is 10.4 Å². The molecular weight excluding hydrogens is 385 g/mol. The highest BCUT2D eigenvalue weighted by Gasteiger charge is 2.29. The standard InChI is InChI=1S/C20H31F3N4O2/c1-6-24-17(28)19(4,5)12-27-18(25-7-2)26-11-15-9-8-14(3)10-16(15)29-13-20(21,22)23/h8-10H,6-7,11-13H2,1-5H3,(H,24,28)(H2,25,26,27). The number of carbonyl (C=O) groups is 1. The maximum absolute atomic E-state index is 12.5. The van der Waals surface area contributed by atoms with E-state index in [1.807, 2.05) is 27.7 Å². The van der Waals surface area contributed by atoms with Crippen LogP contribution in [-0.4, -0.2) is 44.3 Å². The zero-order chi connectivity index (χ0) is 22.1. The Bertz CT molecular complexity index is 703. The molecule has 0 aliphatic heterocycles. The molecule has 1 aromatic rings. The maximum Gasteiger partial charge on any atom is 0.422 e. The van der Waals surface area contributed by atoms with Crippen LogP contribution in [0.15, 0.2) is 23.2 Å². The number of hydrogen-bond acceptors (Lipinski definition) is 3. The van der Waals surface area contributed by atoms with Crippen molar-refractivity contribution in [2.45, 2.75) is 47.3 Å². The second-order valence-corrected chi connectivity index (χ2v) is 7.31. The number of aliphatic imine (C=N–C) groups is 1. The molecule has 6 nitrogen and oxygen atoms in total. The van der Waals surface area contributed by atoms with Crippen LogP contribution < -0.4 is 20.7 Å². The highest BCUT2D eigenvalue weighted by Crippen LogP contribution is 2.24. The van der Waals surface area contributed by atoms with E-state index in [2.05, 4.69) is 20.9 Å². The van der Waals surface area contributed by atoms with Crippen LogP contribution in [0.1, 0.15) is 38.8 Å². The summed E-state index contributed by atoms with van der Waals surface area (Å²) in [5, 5.41) is 8.98. The maximum atomic E-state index is 12.5. The quantitative estimate of drug-likeness (QED) is 0.427.